The van der Waals surface area contributed by atoms with Gasteiger partial charge in [-0.2, -0.15) is 0 Å². The smallest absolute Gasteiger partial charge is 0.230 e. The van der Waals surface area contributed by atoms with E-state index in [-0.39, 0.29) is 5.91 Å². The van der Waals surface area contributed by atoms with Crippen molar-refractivity contribution in [2.75, 3.05) is 19.5 Å². The standard InChI is InChI=1S/C19H26N4O2S/c1-14-6-5-7-15(12-14)18-21-22-19(23(18)10-11-25-2)26-13-17(24)20-16-8-3-4-9-16/h5-7,12,16H,3-4,8-11,13H2,1-2H3,(H,20,24). The monoisotopic (exact) mass is 374 g/mol. The van der Waals surface area contributed by atoms with Crippen molar-refractivity contribution in [3.05, 3.63) is 29.8 Å². The van der Waals surface area contributed by atoms with Crippen LogP contribution in [0.5, 0.6) is 0 Å². The van der Waals surface area contributed by atoms with E-state index in [1.807, 2.05) is 16.7 Å². The first-order valence-electron chi connectivity index (χ1n) is 9.08. The van der Waals surface area contributed by atoms with E-state index in [4.69, 9.17) is 4.74 Å². The number of nitrogens with one attached hydrogen (secondary N) is 1. The molecule has 0 unspecified atom stereocenters. The van der Waals surface area contributed by atoms with Crippen LogP contribution in [-0.4, -0.2) is 46.2 Å². The highest BCUT2D eigenvalue weighted by atomic mass is 32.2. The summed E-state index contributed by atoms with van der Waals surface area (Å²) in [5.41, 5.74) is 2.20. The SMILES string of the molecule is COCCn1c(SCC(=O)NC2CCCC2)nnc1-c1cccc(C)c1. The van der Waals surface area contributed by atoms with Gasteiger partial charge in [-0.1, -0.05) is 48.4 Å². The van der Waals surface area contributed by atoms with E-state index in [9.17, 15) is 4.79 Å². The molecule has 0 aliphatic heterocycles. The number of aromatic nitrogens is 3. The minimum absolute atomic E-state index is 0.0697. The van der Waals surface area contributed by atoms with Crippen LogP contribution in [0.25, 0.3) is 11.4 Å². The molecular weight excluding hydrogens is 348 g/mol. The van der Waals surface area contributed by atoms with Crippen LogP contribution in [0.15, 0.2) is 29.4 Å². The molecule has 7 heteroatoms. The maximum atomic E-state index is 12.2. The van der Waals surface area contributed by atoms with Crippen molar-refractivity contribution in [3.63, 3.8) is 0 Å². The first-order chi connectivity index (χ1) is 12.7. The number of hydrogen-bond acceptors (Lipinski definition) is 5. The molecule has 1 saturated carbocycles. The molecule has 0 bridgehead atoms. The Hall–Kier alpha value is -1.86. The quantitative estimate of drug-likeness (QED) is 0.719. The molecule has 2 aromatic rings. The van der Waals surface area contributed by atoms with Crippen molar-refractivity contribution in [1.29, 1.82) is 0 Å². The molecule has 26 heavy (non-hydrogen) atoms. The molecule has 1 amide bonds. The van der Waals surface area contributed by atoms with Gasteiger partial charge in [-0.3, -0.25) is 9.36 Å². The molecule has 1 N–H and O–H groups in total. The van der Waals surface area contributed by atoms with Gasteiger partial charge in [0.05, 0.1) is 18.9 Å². The van der Waals surface area contributed by atoms with Gasteiger partial charge in [-0.15, -0.1) is 10.2 Å². The van der Waals surface area contributed by atoms with Crippen LogP contribution in [0, 0.1) is 6.92 Å². The van der Waals surface area contributed by atoms with Gasteiger partial charge in [0, 0.05) is 18.7 Å². The Balaban J connectivity index is 1.70. The molecule has 0 saturated heterocycles. The molecule has 0 radical (unpaired) electrons. The van der Waals surface area contributed by atoms with Gasteiger partial charge in [0.2, 0.25) is 5.91 Å². The van der Waals surface area contributed by atoms with E-state index in [1.54, 1.807) is 7.11 Å². The predicted octanol–water partition coefficient (Wildman–Crippen LogP) is 3.05. The van der Waals surface area contributed by atoms with Gasteiger partial charge >= 0.3 is 0 Å². The predicted molar refractivity (Wildman–Crippen MR) is 103 cm³/mol. The summed E-state index contributed by atoms with van der Waals surface area (Å²) < 4.78 is 7.27. The van der Waals surface area contributed by atoms with Crippen molar-refractivity contribution in [2.45, 2.75) is 50.4 Å². The minimum Gasteiger partial charge on any atom is -0.383 e. The zero-order valence-corrected chi connectivity index (χ0v) is 16.2. The summed E-state index contributed by atoms with van der Waals surface area (Å²) >= 11 is 1.43. The fourth-order valence-corrected chi connectivity index (χ4v) is 4.02. The molecule has 1 fully saturated rings. The molecule has 3 rings (SSSR count). The van der Waals surface area contributed by atoms with Crippen LogP contribution in [0.3, 0.4) is 0 Å². The van der Waals surface area contributed by atoms with Crippen LogP contribution in [0.1, 0.15) is 31.2 Å². The number of nitrogens with zero attached hydrogens (tertiary/aromatic N) is 3. The summed E-state index contributed by atoms with van der Waals surface area (Å²) in [6.45, 7) is 3.28. The Morgan fingerprint density at radius 3 is 2.88 bits per heavy atom. The van der Waals surface area contributed by atoms with E-state index in [1.165, 1.54) is 30.2 Å². The number of rotatable bonds is 8. The van der Waals surface area contributed by atoms with Gasteiger partial charge in [-0.25, -0.2) is 0 Å². The molecule has 0 atom stereocenters. The second-order valence-electron chi connectivity index (χ2n) is 6.66. The Morgan fingerprint density at radius 1 is 1.35 bits per heavy atom. The summed E-state index contributed by atoms with van der Waals surface area (Å²) in [6.07, 6.45) is 4.61. The first-order valence-corrected chi connectivity index (χ1v) is 10.1. The number of carbonyl (C=O) groups is 1. The van der Waals surface area contributed by atoms with Crippen molar-refractivity contribution < 1.29 is 9.53 Å². The van der Waals surface area contributed by atoms with Gasteiger partial charge in [-0.05, 0) is 25.8 Å². The number of carbonyl (C=O) groups excluding carboxylic acids is 1. The third-order valence-corrected chi connectivity index (χ3v) is 5.53. The highest BCUT2D eigenvalue weighted by Gasteiger charge is 2.19. The lowest BCUT2D eigenvalue weighted by molar-refractivity contribution is -0.119. The second kappa shape index (κ2) is 9.19. The Kier molecular flexibility index (Phi) is 6.68. The molecule has 140 valence electrons. The van der Waals surface area contributed by atoms with Gasteiger partial charge in [0.1, 0.15) is 0 Å². The maximum Gasteiger partial charge on any atom is 0.230 e. The number of thioether (sulfide) groups is 1. The summed E-state index contributed by atoms with van der Waals surface area (Å²) in [7, 11) is 1.68. The molecule has 1 aliphatic carbocycles. The average Bonchev–Trinajstić information content (AvgIpc) is 3.27. The lowest BCUT2D eigenvalue weighted by Gasteiger charge is -2.12. The fraction of sp³-hybridized carbons (Fsp3) is 0.526. The van der Waals surface area contributed by atoms with Crippen LogP contribution in [0.4, 0.5) is 0 Å². The lowest BCUT2D eigenvalue weighted by atomic mass is 10.1. The summed E-state index contributed by atoms with van der Waals surface area (Å²) in [5, 5.41) is 12.6. The number of benzene rings is 1. The zero-order chi connectivity index (χ0) is 18.4. The second-order valence-corrected chi connectivity index (χ2v) is 7.60. The van der Waals surface area contributed by atoms with E-state index in [2.05, 4.69) is 34.6 Å². The van der Waals surface area contributed by atoms with Crippen LogP contribution < -0.4 is 5.32 Å². The molecule has 1 aromatic carbocycles. The van der Waals surface area contributed by atoms with Crippen LogP contribution in [-0.2, 0) is 16.1 Å². The molecule has 6 nitrogen and oxygen atoms in total. The minimum atomic E-state index is 0.0697. The normalized spacial score (nSPS) is 14.7. The van der Waals surface area contributed by atoms with E-state index in [0.29, 0.717) is 24.9 Å². The number of methoxy groups -OCH3 is 1. The van der Waals surface area contributed by atoms with Gasteiger partial charge in [0.25, 0.3) is 0 Å². The zero-order valence-electron chi connectivity index (χ0n) is 15.4. The molecule has 0 spiro atoms. The topological polar surface area (TPSA) is 69.0 Å². The van der Waals surface area contributed by atoms with E-state index >= 15 is 0 Å². The molecule has 1 aromatic heterocycles. The third-order valence-electron chi connectivity index (χ3n) is 4.56. The van der Waals surface area contributed by atoms with Gasteiger partial charge < -0.3 is 10.1 Å². The largest absolute Gasteiger partial charge is 0.383 e. The number of amides is 1. The third kappa shape index (κ3) is 4.86. The van der Waals surface area contributed by atoms with Crippen molar-refractivity contribution in [3.8, 4) is 11.4 Å². The number of hydrogen-bond donors (Lipinski definition) is 1. The van der Waals surface area contributed by atoms with E-state index in [0.717, 1.165) is 29.4 Å². The van der Waals surface area contributed by atoms with E-state index < -0.39 is 0 Å². The summed E-state index contributed by atoms with van der Waals surface area (Å²) in [5.74, 6) is 1.24. The first kappa shape index (κ1) is 18.9. The van der Waals surface area contributed by atoms with Crippen molar-refractivity contribution in [2.24, 2.45) is 0 Å². The average molecular weight is 375 g/mol. The number of aryl methyl sites for hydroxylation is 1. The molecule has 1 aliphatic rings. The Labute approximate surface area is 158 Å². The highest BCUT2D eigenvalue weighted by molar-refractivity contribution is 7.99. The summed E-state index contributed by atoms with van der Waals surface area (Å²) in [4.78, 5) is 12.2. The molecule has 1 heterocycles. The lowest BCUT2D eigenvalue weighted by Crippen LogP contribution is -2.33. The number of ether oxygens (including phenoxy) is 1. The van der Waals surface area contributed by atoms with Crippen molar-refractivity contribution >= 4 is 17.7 Å². The van der Waals surface area contributed by atoms with Crippen LogP contribution >= 0.6 is 11.8 Å². The van der Waals surface area contributed by atoms with Crippen LogP contribution in [0.2, 0.25) is 0 Å². The van der Waals surface area contributed by atoms with Gasteiger partial charge in [0.15, 0.2) is 11.0 Å². The maximum absolute atomic E-state index is 12.2. The highest BCUT2D eigenvalue weighted by Crippen LogP contribution is 2.25. The van der Waals surface area contributed by atoms with Crippen molar-refractivity contribution in [1.82, 2.24) is 20.1 Å². The Morgan fingerprint density at radius 2 is 2.15 bits per heavy atom. The molecular formula is C19H26N4O2S. The fourth-order valence-electron chi connectivity index (χ4n) is 3.25. The summed E-state index contributed by atoms with van der Waals surface area (Å²) in [6, 6.07) is 8.54. The Bertz CT molecular complexity index is 741.